The van der Waals surface area contributed by atoms with Crippen molar-refractivity contribution in [3.05, 3.63) is 63.1 Å². The molecule has 0 fully saturated rings. The van der Waals surface area contributed by atoms with Gasteiger partial charge < -0.3 is 9.84 Å². The van der Waals surface area contributed by atoms with E-state index in [0.717, 1.165) is 15.8 Å². The molecule has 0 heterocycles. The Morgan fingerprint density at radius 3 is 2.19 bits per heavy atom. The van der Waals surface area contributed by atoms with Gasteiger partial charge in [0.1, 0.15) is 5.75 Å². The van der Waals surface area contributed by atoms with Gasteiger partial charge in [-0.15, -0.1) is 0 Å². The predicted molar refractivity (Wildman–Crippen MR) is 90.0 cm³/mol. The van der Waals surface area contributed by atoms with Crippen molar-refractivity contribution in [3.8, 4) is 5.75 Å². The molecule has 0 radical (unpaired) electrons. The van der Waals surface area contributed by atoms with Crippen molar-refractivity contribution in [3.63, 3.8) is 0 Å². The largest absolute Gasteiger partial charge is 0.496 e. The van der Waals surface area contributed by atoms with Crippen molar-refractivity contribution >= 4 is 15.9 Å². The fraction of sp³-hybridized carbons (Fsp3) is 0.333. The van der Waals surface area contributed by atoms with Crippen LogP contribution in [-0.4, -0.2) is 18.3 Å². The van der Waals surface area contributed by atoms with E-state index in [0.29, 0.717) is 12.8 Å². The minimum Gasteiger partial charge on any atom is -0.496 e. The van der Waals surface area contributed by atoms with Crippen molar-refractivity contribution in [2.45, 2.75) is 32.8 Å². The number of halogens is 1. The number of aliphatic hydroxyl groups is 1. The predicted octanol–water partition coefficient (Wildman–Crippen LogP) is 4.22. The quantitative estimate of drug-likeness (QED) is 0.876. The summed E-state index contributed by atoms with van der Waals surface area (Å²) >= 11 is 3.47. The summed E-state index contributed by atoms with van der Waals surface area (Å²) in [5.41, 5.74) is 4.83. The minimum absolute atomic E-state index is 0.382. The third-order valence-electron chi connectivity index (χ3n) is 3.73. The number of methoxy groups -OCH3 is 1. The van der Waals surface area contributed by atoms with Crippen LogP contribution >= 0.6 is 15.9 Å². The van der Waals surface area contributed by atoms with E-state index in [4.69, 9.17) is 4.74 Å². The Bertz CT molecular complexity index is 623. The van der Waals surface area contributed by atoms with E-state index in [-0.39, 0.29) is 6.10 Å². The van der Waals surface area contributed by atoms with Crippen LogP contribution < -0.4 is 4.74 Å². The number of benzene rings is 2. The minimum atomic E-state index is -0.382. The van der Waals surface area contributed by atoms with Crippen molar-refractivity contribution in [2.75, 3.05) is 7.11 Å². The molecule has 0 saturated heterocycles. The molecule has 1 N–H and O–H groups in total. The molecule has 0 spiro atoms. The maximum absolute atomic E-state index is 10.3. The number of rotatable bonds is 5. The SMILES string of the molecule is COc1ccc(CC(O)Cc2ccc(C)c(C)c2)cc1Br. The van der Waals surface area contributed by atoms with Gasteiger partial charge in [0.2, 0.25) is 0 Å². The summed E-state index contributed by atoms with van der Waals surface area (Å²) in [5.74, 6) is 0.808. The molecule has 0 aliphatic rings. The maximum Gasteiger partial charge on any atom is 0.133 e. The molecule has 2 aromatic rings. The second-order valence-electron chi connectivity index (χ2n) is 5.45. The van der Waals surface area contributed by atoms with Gasteiger partial charge in [0, 0.05) is 0 Å². The van der Waals surface area contributed by atoms with Crippen LogP contribution in [0.1, 0.15) is 22.3 Å². The van der Waals surface area contributed by atoms with Crippen molar-refractivity contribution in [1.29, 1.82) is 0 Å². The zero-order valence-corrected chi connectivity index (χ0v) is 14.3. The van der Waals surface area contributed by atoms with E-state index in [1.807, 2.05) is 18.2 Å². The zero-order chi connectivity index (χ0) is 15.4. The molecule has 2 rings (SSSR count). The standard InChI is InChI=1S/C18H21BrO2/c1-12-4-5-14(8-13(12)2)9-16(20)10-15-6-7-18(21-3)17(19)11-15/h4-8,11,16,20H,9-10H2,1-3H3. The first-order chi connectivity index (χ1) is 9.99. The molecule has 21 heavy (non-hydrogen) atoms. The lowest BCUT2D eigenvalue weighted by Crippen LogP contribution is -2.14. The second-order valence-corrected chi connectivity index (χ2v) is 6.30. The van der Waals surface area contributed by atoms with Crippen LogP contribution in [0.2, 0.25) is 0 Å². The Balaban J connectivity index is 2.02. The lowest BCUT2D eigenvalue weighted by molar-refractivity contribution is 0.175. The summed E-state index contributed by atoms with van der Waals surface area (Å²) in [7, 11) is 1.65. The maximum atomic E-state index is 10.3. The lowest BCUT2D eigenvalue weighted by Gasteiger charge is -2.13. The average Bonchev–Trinajstić information content (AvgIpc) is 2.43. The topological polar surface area (TPSA) is 29.5 Å². The summed E-state index contributed by atoms with van der Waals surface area (Å²) < 4.78 is 6.13. The van der Waals surface area contributed by atoms with Crippen molar-refractivity contribution in [2.24, 2.45) is 0 Å². The number of hydrogen-bond acceptors (Lipinski definition) is 2. The summed E-state index contributed by atoms with van der Waals surface area (Å²) in [6.07, 6.45) is 0.924. The van der Waals surface area contributed by atoms with Crippen LogP contribution in [0.5, 0.6) is 5.75 Å². The van der Waals surface area contributed by atoms with E-state index in [9.17, 15) is 5.11 Å². The summed E-state index contributed by atoms with van der Waals surface area (Å²) in [5, 5.41) is 10.3. The molecule has 3 heteroatoms. The third kappa shape index (κ3) is 4.32. The number of ether oxygens (including phenoxy) is 1. The van der Waals surface area contributed by atoms with Crippen LogP contribution in [0.3, 0.4) is 0 Å². The first kappa shape index (κ1) is 16.1. The van der Waals surface area contributed by atoms with Crippen molar-refractivity contribution in [1.82, 2.24) is 0 Å². The molecule has 0 aliphatic carbocycles. The highest BCUT2D eigenvalue weighted by Gasteiger charge is 2.09. The van der Waals surface area contributed by atoms with Crippen LogP contribution in [-0.2, 0) is 12.8 Å². The van der Waals surface area contributed by atoms with Crippen LogP contribution in [0.4, 0.5) is 0 Å². The molecule has 0 amide bonds. The van der Waals surface area contributed by atoms with E-state index < -0.39 is 0 Å². The molecule has 0 saturated carbocycles. The van der Waals surface area contributed by atoms with E-state index in [2.05, 4.69) is 48.0 Å². The number of aliphatic hydroxyl groups excluding tert-OH is 1. The Morgan fingerprint density at radius 1 is 1.00 bits per heavy atom. The second kappa shape index (κ2) is 7.10. The highest BCUT2D eigenvalue weighted by molar-refractivity contribution is 9.10. The smallest absolute Gasteiger partial charge is 0.133 e. The molecular formula is C18H21BrO2. The van der Waals surface area contributed by atoms with Gasteiger partial charge in [0.25, 0.3) is 0 Å². The van der Waals surface area contributed by atoms with Gasteiger partial charge >= 0.3 is 0 Å². The first-order valence-electron chi connectivity index (χ1n) is 7.06. The van der Waals surface area contributed by atoms with E-state index >= 15 is 0 Å². The van der Waals surface area contributed by atoms with Crippen molar-refractivity contribution < 1.29 is 9.84 Å². The Kier molecular flexibility index (Phi) is 5.43. The molecule has 2 aromatic carbocycles. The van der Waals surface area contributed by atoms with E-state index in [1.54, 1.807) is 7.11 Å². The molecular weight excluding hydrogens is 328 g/mol. The number of hydrogen-bond donors (Lipinski definition) is 1. The molecule has 1 atom stereocenters. The van der Waals surface area contributed by atoms with Gasteiger partial charge in [-0.25, -0.2) is 0 Å². The van der Waals surface area contributed by atoms with Gasteiger partial charge in [-0.2, -0.15) is 0 Å². The van der Waals surface area contributed by atoms with Gasteiger partial charge in [-0.05, 0) is 77.0 Å². The highest BCUT2D eigenvalue weighted by atomic mass is 79.9. The van der Waals surface area contributed by atoms with Crippen LogP contribution in [0, 0.1) is 13.8 Å². The fourth-order valence-electron chi connectivity index (χ4n) is 2.38. The molecule has 2 nitrogen and oxygen atoms in total. The Morgan fingerprint density at radius 2 is 1.62 bits per heavy atom. The van der Waals surface area contributed by atoms with Crippen LogP contribution in [0.25, 0.3) is 0 Å². The first-order valence-corrected chi connectivity index (χ1v) is 7.85. The molecule has 0 aromatic heterocycles. The van der Waals surface area contributed by atoms with Crippen LogP contribution in [0.15, 0.2) is 40.9 Å². The Labute approximate surface area is 134 Å². The normalized spacial score (nSPS) is 12.2. The zero-order valence-electron chi connectivity index (χ0n) is 12.7. The van der Waals surface area contributed by atoms with Gasteiger partial charge in [0.15, 0.2) is 0 Å². The van der Waals surface area contributed by atoms with E-state index in [1.165, 1.54) is 16.7 Å². The monoisotopic (exact) mass is 348 g/mol. The lowest BCUT2D eigenvalue weighted by atomic mass is 9.98. The molecule has 112 valence electrons. The average molecular weight is 349 g/mol. The molecule has 1 unspecified atom stereocenters. The third-order valence-corrected chi connectivity index (χ3v) is 4.35. The number of aryl methyl sites for hydroxylation is 2. The van der Waals surface area contributed by atoms with Gasteiger partial charge in [0.05, 0.1) is 17.7 Å². The summed E-state index contributed by atoms with van der Waals surface area (Å²) in [6.45, 7) is 4.20. The molecule has 0 aliphatic heterocycles. The summed E-state index contributed by atoms with van der Waals surface area (Å²) in [6, 6.07) is 12.3. The van der Waals surface area contributed by atoms with Gasteiger partial charge in [-0.1, -0.05) is 24.3 Å². The summed E-state index contributed by atoms with van der Waals surface area (Å²) in [4.78, 5) is 0. The van der Waals surface area contributed by atoms with Gasteiger partial charge in [-0.3, -0.25) is 0 Å². The fourth-order valence-corrected chi connectivity index (χ4v) is 2.97. The highest BCUT2D eigenvalue weighted by Crippen LogP contribution is 2.26. The Hall–Kier alpha value is -1.32. The molecule has 0 bridgehead atoms.